The lowest BCUT2D eigenvalue weighted by Gasteiger charge is -2.15. The number of nitrogens with one attached hydrogen (secondary N) is 2. The minimum absolute atomic E-state index is 0.0247. The zero-order valence-corrected chi connectivity index (χ0v) is 19.6. The fourth-order valence-corrected chi connectivity index (χ4v) is 3.44. The van der Waals surface area contributed by atoms with Crippen LogP contribution in [0, 0.1) is 11.6 Å². The van der Waals surface area contributed by atoms with E-state index >= 15 is 0 Å². The standard InChI is InChI=1S/C22H23F2N3O6S/c1-12(2)32-15-6-5-7-16(10-15)33-22-26-19(11-31-22)21(28)25-13(3)14-8-17(23)20(18(24)9-14)27-34(4,29)30/h5-13,27H,1-4H3,(H,25,28)/t13-/m1/s1. The Morgan fingerprint density at radius 2 is 1.74 bits per heavy atom. The number of aromatic nitrogens is 1. The number of benzene rings is 2. The van der Waals surface area contributed by atoms with Gasteiger partial charge in [-0.25, -0.2) is 17.2 Å². The number of sulfonamides is 1. The van der Waals surface area contributed by atoms with Gasteiger partial charge in [-0.3, -0.25) is 9.52 Å². The zero-order chi connectivity index (χ0) is 25.0. The van der Waals surface area contributed by atoms with Gasteiger partial charge in [0.1, 0.15) is 23.4 Å². The van der Waals surface area contributed by atoms with Crippen molar-refractivity contribution in [2.24, 2.45) is 0 Å². The fraction of sp³-hybridized carbons (Fsp3) is 0.273. The van der Waals surface area contributed by atoms with Crippen molar-refractivity contribution in [3.05, 3.63) is 65.6 Å². The summed E-state index contributed by atoms with van der Waals surface area (Å²) in [5.41, 5.74) is -0.844. The summed E-state index contributed by atoms with van der Waals surface area (Å²) in [6.07, 6.45) is 1.64. The largest absolute Gasteiger partial charge is 0.491 e. The van der Waals surface area contributed by atoms with E-state index in [4.69, 9.17) is 13.9 Å². The number of amides is 1. The maximum absolute atomic E-state index is 14.2. The number of anilines is 1. The molecule has 1 heterocycles. The lowest BCUT2D eigenvalue weighted by atomic mass is 10.1. The van der Waals surface area contributed by atoms with Crippen molar-refractivity contribution in [3.8, 4) is 17.6 Å². The lowest BCUT2D eigenvalue weighted by Crippen LogP contribution is -2.27. The summed E-state index contributed by atoms with van der Waals surface area (Å²) in [5, 5.41) is 2.53. The van der Waals surface area contributed by atoms with E-state index in [2.05, 4.69) is 10.3 Å². The van der Waals surface area contributed by atoms with Crippen LogP contribution in [0.15, 0.2) is 47.1 Å². The molecule has 1 amide bonds. The summed E-state index contributed by atoms with van der Waals surface area (Å²) < 4.78 is 69.1. The number of hydrogen-bond acceptors (Lipinski definition) is 7. The van der Waals surface area contributed by atoms with Gasteiger partial charge in [0.2, 0.25) is 10.0 Å². The molecule has 0 unspecified atom stereocenters. The topological polar surface area (TPSA) is 120 Å². The molecule has 1 atom stereocenters. The summed E-state index contributed by atoms with van der Waals surface area (Å²) in [5.74, 6) is -1.95. The highest BCUT2D eigenvalue weighted by atomic mass is 32.2. The molecule has 3 aromatic rings. The third kappa shape index (κ3) is 6.67. The van der Waals surface area contributed by atoms with Crippen molar-refractivity contribution in [1.29, 1.82) is 0 Å². The van der Waals surface area contributed by atoms with E-state index in [1.807, 2.05) is 13.8 Å². The summed E-state index contributed by atoms with van der Waals surface area (Å²) in [6, 6.07) is 7.78. The van der Waals surface area contributed by atoms with Crippen molar-refractivity contribution in [3.63, 3.8) is 0 Å². The summed E-state index contributed by atoms with van der Waals surface area (Å²) in [7, 11) is -3.88. The second-order valence-electron chi connectivity index (χ2n) is 7.67. The first-order chi connectivity index (χ1) is 15.9. The van der Waals surface area contributed by atoms with E-state index in [1.165, 1.54) is 6.92 Å². The van der Waals surface area contributed by atoms with E-state index in [0.29, 0.717) is 11.5 Å². The van der Waals surface area contributed by atoms with Crippen molar-refractivity contribution in [1.82, 2.24) is 10.3 Å². The molecular formula is C22H23F2N3O6S. The second kappa shape index (κ2) is 10.1. The molecule has 3 rings (SSSR count). The smallest absolute Gasteiger partial charge is 0.399 e. The molecule has 0 radical (unpaired) electrons. The van der Waals surface area contributed by atoms with Crippen LogP contribution in [-0.2, 0) is 10.0 Å². The van der Waals surface area contributed by atoms with Crippen molar-refractivity contribution in [2.75, 3.05) is 11.0 Å². The highest BCUT2D eigenvalue weighted by molar-refractivity contribution is 7.92. The Morgan fingerprint density at radius 3 is 2.35 bits per heavy atom. The maximum atomic E-state index is 14.2. The van der Waals surface area contributed by atoms with Gasteiger partial charge in [-0.2, -0.15) is 4.98 Å². The molecule has 12 heteroatoms. The van der Waals surface area contributed by atoms with Crippen LogP contribution < -0.4 is 19.5 Å². The second-order valence-corrected chi connectivity index (χ2v) is 9.42. The first-order valence-electron chi connectivity index (χ1n) is 10.1. The molecule has 1 aromatic heterocycles. The van der Waals surface area contributed by atoms with Gasteiger partial charge < -0.3 is 19.2 Å². The SMILES string of the molecule is CC(C)Oc1cccc(Oc2nc(C(=O)N[C@H](C)c3cc(F)c(NS(C)(=O)=O)c(F)c3)co2)c1. The van der Waals surface area contributed by atoms with Crippen LogP contribution in [0.2, 0.25) is 0 Å². The number of carbonyl (C=O) groups is 1. The Hall–Kier alpha value is -3.67. The predicted octanol–water partition coefficient (Wildman–Crippen LogP) is 4.39. The first-order valence-corrected chi connectivity index (χ1v) is 12.0. The van der Waals surface area contributed by atoms with E-state index in [1.54, 1.807) is 29.0 Å². The summed E-state index contributed by atoms with van der Waals surface area (Å²) in [4.78, 5) is 16.5. The van der Waals surface area contributed by atoms with Gasteiger partial charge in [0.25, 0.3) is 5.91 Å². The van der Waals surface area contributed by atoms with Crippen molar-refractivity contribution >= 4 is 21.6 Å². The van der Waals surface area contributed by atoms with Gasteiger partial charge in [0.15, 0.2) is 17.3 Å². The van der Waals surface area contributed by atoms with Crippen molar-refractivity contribution in [2.45, 2.75) is 32.9 Å². The minimum atomic E-state index is -3.88. The predicted molar refractivity (Wildman–Crippen MR) is 119 cm³/mol. The number of halogens is 2. The number of oxazole rings is 1. The van der Waals surface area contributed by atoms with Gasteiger partial charge in [0.05, 0.1) is 18.4 Å². The number of hydrogen-bond donors (Lipinski definition) is 2. The molecule has 0 fully saturated rings. The minimum Gasteiger partial charge on any atom is -0.491 e. The Bertz CT molecular complexity index is 1270. The van der Waals surface area contributed by atoms with E-state index in [9.17, 15) is 22.0 Å². The molecular weight excluding hydrogens is 472 g/mol. The summed E-state index contributed by atoms with van der Waals surface area (Å²) >= 11 is 0. The third-order valence-electron chi connectivity index (χ3n) is 4.30. The Kier molecular flexibility index (Phi) is 7.40. The van der Waals surface area contributed by atoms with Crippen LogP contribution in [0.4, 0.5) is 14.5 Å². The van der Waals surface area contributed by atoms with Crippen LogP contribution in [-0.4, -0.2) is 31.7 Å². The van der Waals surface area contributed by atoms with E-state index < -0.39 is 39.3 Å². The Balaban J connectivity index is 1.68. The molecule has 0 saturated heterocycles. The Labute approximate surface area is 195 Å². The van der Waals surface area contributed by atoms with Gasteiger partial charge >= 0.3 is 6.08 Å². The monoisotopic (exact) mass is 495 g/mol. The van der Waals surface area contributed by atoms with Crippen LogP contribution in [0.1, 0.15) is 42.9 Å². The molecule has 182 valence electrons. The molecule has 0 bridgehead atoms. The third-order valence-corrected chi connectivity index (χ3v) is 4.87. The maximum Gasteiger partial charge on any atom is 0.399 e. The Morgan fingerprint density at radius 1 is 1.09 bits per heavy atom. The van der Waals surface area contributed by atoms with E-state index in [0.717, 1.165) is 24.7 Å². The molecule has 9 nitrogen and oxygen atoms in total. The molecule has 2 N–H and O–H groups in total. The van der Waals surface area contributed by atoms with Gasteiger partial charge in [-0.1, -0.05) is 6.07 Å². The average Bonchev–Trinajstić information content (AvgIpc) is 3.18. The molecule has 0 aliphatic heterocycles. The molecule has 0 aliphatic rings. The van der Waals surface area contributed by atoms with Crippen LogP contribution in [0.3, 0.4) is 0 Å². The molecule has 0 aliphatic carbocycles. The van der Waals surface area contributed by atoms with Crippen molar-refractivity contribution < 1.29 is 35.9 Å². The average molecular weight is 496 g/mol. The normalized spacial score (nSPS) is 12.3. The quantitative estimate of drug-likeness (QED) is 0.452. The molecule has 2 aromatic carbocycles. The molecule has 0 spiro atoms. The lowest BCUT2D eigenvalue weighted by molar-refractivity contribution is 0.0934. The van der Waals surface area contributed by atoms with Gasteiger partial charge in [0, 0.05) is 6.07 Å². The molecule has 34 heavy (non-hydrogen) atoms. The van der Waals surface area contributed by atoms with Crippen LogP contribution in [0.5, 0.6) is 17.6 Å². The zero-order valence-electron chi connectivity index (χ0n) is 18.8. The first kappa shape index (κ1) is 25.0. The van der Waals surface area contributed by atoms with Crippen LogP contribution >= 0.6 is 0 Å². The number of nitrogens with zero attached hydrogens (tertiary/aromatic N) is 1. The van der Waals surface area contributed by atoms with Gasteiger partial charge in [-0.05, 0) is 50.6 Å². The highest BCUT2D eigenvalue weighted by Gasteiger charge is 2.20. The van der Waals surface area contributed by atoms with Crippen LogP contribution in [0.25, 0.3) is 0 Å². The van der Waals surface area contributed by atoms with E-state index in [-0.39, 0.29) is 23.4 Å². The number of rotatable bonds is 9. The number of ether oxygens (including phenoxy) is 2. The fourth-order valence-electron chi connectivity index (χ4n) is 2.87. The summed E-state index contributed by atoms with van der Waals surface area (Å²) in [6.45, 7) is 5.27. The van der Waals surface area contributed by atoms with Gasteiger partial charge in [-0.15, -0.1) is 0 Å². The highest BCUT2D eigenvalue weighted by Crippen LogP contribution is 2.27. The molecule has 0 saturated carbocycles. The number of carbonyl (C=O) groups excluding carboxylic acids is 1.